The first-order chi connectivity index (χ1) is 9.51. The zero-order chi connectivity index (χ0) is 14.7. The van der Waals surface area contributed by atoms with Crippen molar-refractivity contribution in [2.45, 2.75) is 6.61 Å². The number of benzene rings is 1. The molecular weight excluding hydrogens is 294 g/mol. The Balaban J connectivity index is 2.13. The van der Waals surface area contributed by atoms with Crippen molar-refractivity contribution in [3.05, 3.63) is 45.0 Å². The van der Waals surface area contributed by atoms with Crippen molar-refractivity contribution in [2.24, 2.45) is 5.84 Å². The molecule has 0 spiro atoms. The average Bonchev–Trinajstić information content (AvgIpc) is 2.87. The molecule has 1 heterocycles. The van der Waals surface area contributed by atoms with Gasteiger partial charge in [-0.3, -0.25) is 15.5 Å². The molecule has 2 rings (SSSR count). The summed E-state index contributed by atoms with van der Waals surface area (Å²) < 4.78 is 31.9. The van der Waals surface area contributed by atoms with E-state index in [2.05, 4.69) is 10.4 Å². The molecule has 0 amide bonds. The van der Waals surface area contributed by atoms with Crippen molar-refractivity contribution in [3.8, 4) is 5.75 Å². The Labute approximate surface area is 115 Å². The van der Waals surface area contributed by atoms with Crippen LogP contribution in [0.15, 0.2) is 18.3 Å². The summed E-state index contributed by atoms with van der Waals surface area (Å²) in [6.45, 7) is -0.0620. The summed E-state index contributed by atoms with van der Waals surface area (Å²) in [5.74, 6) is 2.55. The zero-order valence-corrected chi connectivity index (χ0v) is 10.6. The molecule has 1 aromatic carbocycles. The van der Waals surface area contributed by atoms with Crippen molar-refractivity contribution in [1.82, 2.24) is 4.98 Å². The third-order valence-corrected chi connectivity index (χ3v) is 3.15. The van der Waals surface area contributed by atoms with E-state index in [9.17, 15) is 18.9 Å². The second-order valence-corrected chi connectivity index (χ2v) is 4.67. The maximum Gasteiger partial charge on any atom is 0.307 e. The molecule has 0 radical (unpaired) electrons. The van der Waals surface area contributed by atoms with Gasteiger partial charge in [0, 0.05) is 12.3 Å². The Bertz CT molecular complexity index is 649. The third-order valence-electron chi connectivity index (χ3n) is 2.25. The van der Waals surface area contributed by atoms with Crippen LogP contribution in [0.2, 0.25) is 0 Å². The number of ether oxygens (including phenoxy) is 1. The molecule has 0 aliphatic carbocycles. The largest absolute Gasteiger partial charge is 0.485 e. The van der Waals surface area contributed by atoms with Gasteiger partial charge in [0.05, 0.1) is 15.9 Å². The average molecular weight is 302 g/mol. The molecule has 0 atom stereocenters. The van der Waals surface area contributed by atoms with E-state index in [-0.39, 0.29) is 6.61 Å². The highest BCUT2D eigenvalue weighted by molar-refractivity contribution is 7.15. The molecule has 0 saturated carbocycles. The van der Waals surface area contributed by atoms with E-state index >= 15 is 0 Å². The Morgan fingerprint density at radius 2 is 2.20 bits per heavy atom. The molecule has 0 saturated heterocycles. The highest BCUT2D eigenvalue weighted by Crippen LogP contribution is 2.27. The standard InChI is InChI=1S/C10H8F2N4O3S/c11-6-2-9(7(12)1-8(6)16(17)18)19-4-5-3-14-10(15-13)20-5/h1-3H,4,13H2,(H,14,15). The number of nitrogens with one attached hydrogen (secondary N) is 1. The Hall–Kier alpha value is -2.33. The van der Waals surface area contributed by atoms with Gasteiger partial charge in [0.2, 0.25) is 5.82 Å². The fourth-order valence-electron chi connectivity index (χ4n) is 1.36. The lowest BCUT2D eigenvalue weighted by atomic mass is 10.3. The molecule has 0 aliphatic rings. The number of hydrazine groups is 1. The summed E-state index contributed by atoms with van der Waals surface area (Å²) in [4.78, 5) is 13.9. The molecular formula is C10H8F2N4O3S. The molecule has 7 nitrogen and oxygen atoms in total. The van der Waals surface area contributed by atoms with Gasteiger partial charge in [-0.25, -0.2) is 15.2 Å². The number of rotatable bonds is 5. The van der Waals surface area contributed by atoms with Crippen molar-refractivity contribution in [2.75, 3.05) is 5.43 Å². The van der Waals surface area contributed by atoms with E-state index in [0.717, 1.165) is 0 Å². The fraction of sp³-hybridized carbons (Fsp3) is 0.100. The fourth-order valence-corrected chi connectivity index (χ4v) is 1.99. The van der Waals surface area contributed by atoms with Crippen molar-refractivity contribution in [3.63, 3.8) is 0 Å². The Morgan fingerprint density at radius 1 is 1.45 bits per heavy atom. The highest BCUT2D eigenvalue weighted by atomic mass is 32.1. The molecule has 106 valence electrons. The van der Waals surface area contributed by atoms with Gasteiger partial charge in [0.25, 0.3) is 0 Å². The molecule has 0 fully saturated rings. The number of nitrogen functional groups attached to an aromatic ring is 1. The van der Waals surface area contributed by atoms with Crippen LogP contribution in [0.25, 0.3) is 0 Å². The summed E-state index contributed by atoms with van der Waals surface area (Å²) >= 11 is 1.17. The first kappa shape index (κ1) is 14.1. The van der Waals surface area contributed by atoms with Gasteiger partial charge >= 0.3 is 5.69 Å². The van der Waals surface area contributed by atoms with Gasteiger partial charge in [-0.15, -0.1) is 0 Å². The predicted octanol–water partition coefficient (Wildman–Crippen LogP) is 2.19. The highest BCUT2D eigenvalue weighted by Gasteiger charge is 2.19. The number of aromatic nitrogens is 1. The first-order valence-corrected chi connectivity index (χ1v) is 6.00. The minimum Gasteiger partial charge on any atom is -0.485 e. The number of nitrogens with zero attached hydrogens (tertiary/aromatic N) is 2. The molecule has 0 unspecified atom stereocenters. The van der Waals surface area contributed by atoms with Crippen molar-refractivity contribution < 1.29 is 18.4 Å². The number of anilines is 1. The number of nitrogens with two attached hydrogens (primary N) is 1. The van der Waals surface area contributed by atoms with Crippen LogP contribution in [0, 0.1) is 21.7 Å². The monoisotopic (exact) mass is 302 g/mol. The van der Waals surface area contributed by atoms with Crippen LogP contribution in [-0.4, -0.2) is 9.91 Å². The molecule has 20 heavy (non-hydrogen) atoms. The van der Waals surface area contributed by atoms with Crippen LogP contribution in [0.3, 0.4) is 0 Å². The molecule has 10 heteroatoms. The molecule has 3 N–H and O–H groups in total. The Kier molecular flexibility index (Phi) is 4.05. The van der Waals surface area contributed by atoms with Gasteiger partial charge in [-0.05, 0) is 0 Å². The first-order valence-electron chi connectivity index (χ1n) is 5.19. The van der Waals surface area contributed by atoms with Crippen LogP contribution in [0.4, 0.5) is 19.6 Å². The van der Waals surface area contributed by atoms with Crippen LogP contribution >= 0.6 is 11.3 Å². The maximum atomic E-state index is 13.5. The van der Waals surface area contributed by atoms with Crippen molar-refractivity contribution >= 4 is 22.2 Å². The normalized spacial score (nSPS) is 10.3. The van der Waals surface area contributed by atoms with E-state index in [1.165, 1.54) is 17.5 Å². The summed E-state index contributed by atoms with van der Waals surface area (Å²) in [6.07, 6.45) is 1.46. The lowest BCUT2D eigenvalue weighted by Gasteiger charge is -2.05. The number of halogens is 2. The Morgan fingerprint density at radius 3 is 2.80 bits per heavy atom. The lowest BCUT2D eigenvalue weighted by Crippen LogP contribution is -2.05. The van der Waals surface area contributed by atoms with Gasteiger partial charge in [0.15, 0.2) is 16.7 Å². The summed E-state index contributed by atoms with van der Waals surface area (Å²) in [6, 6.07) is 1.11. The van der Waals surface area contributed by atoms with Gasteiger partial charge < -0.3 is 4.74 Å². The number of hydrogen-bond donors (Lipinski definition) is 2. The van der Waals surface area contributed by atoms with Crippen LogP contribution in [0.5, 0.6) is 5.75 Å². The second kappa shape index (κ2) is 5.75. The van der Waals surface area contributed by atoms with E-state index in [4.69, 9.17) is 10.6 Å². The number of hydrogen-bond acceptors (Lipinski definition) is 7. The van der Waals surface area contributed by atoms with Crippen molar-refractivity contribution in [1.29, 1.82) is 0 Å². The topological polar surface area (TPSA) is 103 Å². The van der Waals surface area contributed by atoms with Crippen LogP contribution in [0.1, 0.15) is 4.88 Å². The van der Waals surface area contributed by atoms with E-state index in [0.29, 0.717) is 22.1 Å². The molecule has 0 aliphatic heterocycles. The SMILES string of the molecule is NNc1ncc(COc2cc(F)c([N+](=O)[O-])cc2F)s1. The number of thiazole rings is 1. The second-order valence-electron chi connectivity index (χ2n) is 3.56. The molecule has 0 bridgehead atoms. The molecule has 2 aromatic rings. The summed E-state index contributed by atoms with van der Waals surface area (Å²) in [7, 11) is 0. The quantitative estimate of drug-likeness (QED) is 0.498. The predicted molar refractivity (Wildman–Crippen MR) is 67.3 cm³/mol. The lowest BCUT2D eigenvalue weighted by molar-refractivity contribution is -0.387. The van der Waals surface area contributed by atoms with Crippen LogP contribution in [-0.2, 0) is 6.61 Å². The van der Waals surface area contributed by atoms with Crippen LogP contribution < -0.4 is 16.0 Å². The van der Waals surface area contributed by atoms with E-state index in [1.54, 1.807) is 0 Å². The van der Waals surface area contributed by atoms with Gasteiger partial charge in [-0.2, -0.15) is 4.39 Å². The minimum atomic E-state index is -1.17. The number of nitro benzene ring substituents is 1. The molecule has 1 aromatic heterocycles. The van der Waals surface area contributed by atoms with E-state index in [1.807, 2.05) is 0 Å². The van der Waals surface area contributed by atoms with E-state index < -0.39 is 28.0 Å². The third kappa shape index (κ3) is 2.97. The zero-order valence-electron chi connectivity index (χ0n) is 9.80. The maximum absolute atomic E-state index is 13.5. The summed E-state index contributed by atoms with van der Waals surface area (Å²) in [5.41, 5.74) is 1.39. The smallest absolute Gasteiger partial charge is 0.307 e. The van der Waals surface area contributed by atoms with Gasteiger partial charge in [0.1, 0.15) is 6.61 Å². The van der Waals surface area contributed by atoms with Gasteiger partial charge in [-0.1, -0.05) is 11.3 Å². The number of nitro groups is 1. The minimum absolute atomic E-state index is 0.0620. The summed E-state index contributed by atoms with van der Waals surface area (Å²) in [5, 5.41) is 10.9.